The highest BCUT2D eigenvalue weighted by molar-refractivity contribution is 6.04. The first-order chi connectivity index (χ1) is 13.2. The summed E-state index contributed by atoms with van der Waals surface area (Å²) in [5.41, 5.74) is 1.78. The topological polar surface area (TPSA) is 101 Å². The SMILES string of the molecule is O=C(Nc1ccc(NC(=O)c2ccnc(-n3ccnc3)c2)cc1)NC1CC1. The van der Waals surface area contributed by atoms with Crippen LogP contribution in [0.3, 0.4) is 0 Å². The Morgan fingerprint density at radius 3 is 2.41 bits per heavy atom. The molecule has 0 aliphatic heterocycles. The van der Waals surface area contributed by atoms with Gasteiger partial charge in [0.25, 0.3) is 5.91 Å². The van der Waals surface area contributed by atoms with Crippen LogP contribution in [0.5, 0.6) is 0 Å². The maximum absolute atomic E-state index is 12.5. The van der Waals surface area contributed by atoms with E-state index in [-0.39, 0.29) is 11.9 Å². The van der Waals surface area contributed by atoms with E-state index in [1.807, 2.05) is 0 Å². The van der Waals surface area contributed by atoms with E-state index >= 15 is 0 Å². The summed E-state index contributed by atoms with van der Waals surface area (Å²) in [5.74, 6) is 0.368. The Balaban J connectivity index is 1.39. The number of imidazole rings is 1. The minimum atomic E-state index is -0.244. The minimum absolute atomic E-state index is 0.210. The van der Waals surface area contributed by atoms with Crippen molar-refractivity contribution in [2.24, 2.45) is 0 Å². The molecule has 1 aliphatic carbocycles. The van der Waals surface area contributed by atoms with E-state index in [0.717, 1.165) is 12.8 Å². The van der Waals surface area contributed by atoms with Gasteiger partial charge < -0.3 is 16.0 Å². The van der Waals surface area contributed by atoms with Gasteiger partial charge in [-0.25, -0.2) is 14.8 Å². The van der Waals surface area contributed by atoms with Gasteiger partial charge in [0.05, 0.1) is 0 Å². The molecule has 1 fully saturated rings. The van der Waals surface area contributed by atoms with Crippen LogP contribution in [-0.4, -0.2) is 32.5 Å². The van der Waals surface area contributed by atoms with Gasteiger partial charge in [0.2, 0.25) is 0 Å². The van der Waals surface area contributed by atoms with Crippen LogP contribution in [0.25, 0.3) is 5.82 Å². The summed E-state index contributed by atoms with van der Waals surface area (Å²) in [4.78, 5) is 32.4. The molecule has 0 unspecified atom stereocenters. The average Bonchev–Trinajstić information content (AvgIpc) is 3.31. The predicted octanol–water partition coefficient (Wildman–Crippen LogP) is 2.80. The molecule has 3 N–H and O–H groups in total. The average molecular weight is 362 g/mol. The number of urea groups is 1. The number of amides is 3. The Labute approximate surface area is 155 Å². The highest BCUT2D eigenvalue weighted by Gasteiger charge is 2.23. The van der Waals surface area contributed by atoms with Gasteiger partial charge in [0, 0.05) is 41.6 Å². The van der Waals surface area contributed by atoms with Crippen LogP contribution in [0, 0.1) is 0 Å². The van der Waals surface area contributed by atoms with E-state index in [4.69, 9.17) is 0 Å². The van der Waals surface area contributed by atoms with Gasteiger partial charge in [-0.05, 0) is 49.2 Å². The van der Waals surface area contributed by atoms with Crippen molar-refractivity contribution in [3.63, 3.8) is 0 Å². The Kier molecular flexibility index (Phi) is 4.52. The van der Waals surface area contributed by atoms with Gasteiger partial charge in [-0.1, -0.05) is 0 Å². The highest BCUT2D eigenvalue weighted by Crippen LogP contribution is 2.19. The summed E-state index contributed by atoms with van der Waals surface area (Å²) in [6.07, 6.45) is 8.68. The van der Waals surface area contributed by atoms with E-state index in [0.29, 0.717) is 28.8 Å². The molecule has 27 heavy (non-hydrogen) atoms. The molecule has 2 aromatic heterocycles. The third-order valence-electron chi connectivity index (χ3n) is 4.09. The number of aromatic nitrogens is 3. The van der Waals surface area contributed by atoms with Crippen molar-refractivity contribution in [1.29, 1.82) is 0 Å². The van der Waals surface area contributed by atoms with E-state index < -0.39 is 0 Å². The van der Waals surface area contributed by atoms with E-state index in [1.54, 1.807) is 65.9 Å². The number of carbonyl (C=O) groups excluding carboxylic acids is 2. The van der Waals surface area contributed by atoms with Crippen molar-refractivity contribution in [3.05, 3.63) is 66.9 Å². The number of carbonyl (C=O) groups is 2. The maximum atomic E-state index is 12.5. The molecule has 4 rings (SSSR count). The molecule has 3 amide bonds. The Morgan fingerprint density at radius 2 is 1.74 bits per heavy atom. The summed E-state index contributed by atoms with van der Waals surface area (Å²) < 4.78 is 1.73. The van der Waals surface area contributed by atoms with Gasteiger partial charge in [0.1, 0.15) is 12.1 Å². The summed E-state index contributed by atoms with van der Waals surface area (Å²) in [7, 11) is 0. The number of hydrogen-bond acceptors (Lipinski definition) is 4. The molecular formula is C19H18N6O2. The Morgan fingerprint density at radius 1 is 1.00 bits per heavy atom. The van der Waals surface area contributed by atoms with Crippen molar-refractivity contribution in [3.8, 4) is 5.82 Å². The zero-order chi connectivity index (χ0) is 18.6. The Hall–Kier alpha value is -3.68. The van der Waals surface area contributed by atoms with Crippen molar-refractivity contribution in [2.75, 3.05) is 10.6 Å². The van der Waals surface area contributed by atoms with E-state index in [2.05, 4.69) is 25.9 Å². The van der Waals surface area contributed by atoms with Gasteiger partial charge in [-0.2, -0.15) is 0 Å². The molecule has 0 bridgehead atoms. The van der Waals surface area contributed by atoms with Crippen LogP contribution >= 0.6 is 0 Å². The lowest BCUT2D eigenvalue weighted by atomic mass is 10.2. The number of pyridine rings is 1. The van der Waals surface area contributed by atoms with Crippen molar-refractivity contribution in [2.45, 2.75) is 18.9 Å². The first-order valence-corrected chi connectivity index (χ1v) is 8.61. The maximum Gasteiger partial charge on any atom is 0.319 e. The van der Waals surface area contributed by atoms with Gasteiger partial charge >= 0.3 is 6.03 Å². The molecule has 0 radical (unpaired) electrons. The highest BCUT2D eigenvalue weighted by atomic mass is 16.2. The minimum Gasteiger partial charge on any atom is -0.335 e. The van der Waals surface area contributed by atoms with Crippen LogP contribution in [0.2, 0.25) is 0 Å². The smallest absolute Gasteiger partial charge is 0.319 e. The largest absolute Gasteiger partial charge is 0.335 e. The second-order valence-corrected chi connectivity index (χ2v) is 6.28. The second-order valence-electron chi connectivity index (χ2n) is 6.28. The number of rotatable bonds is 5. The van der Waals surface area contributed by atoms with Crippen LogP contribution in [0.15, 0.2) is 61.3 Å². The third kappa shape index (κ3) is 4.30. The molecule has 0 saturated heterocycles. The number of nitrogens with zero attached hydrogens (tertiary/aromatic N) is 3. The summed E-state index contributed by atoms with van der Waals surface area (Å²) in [6, 6.07) is 10.4. The fraction of sp³-hybridized carbons (Fsp3) is 0.158. The zero-order valence-corrected chi connectivity index (χ0v) is 14.4. The van der Waals surface area contributed by atoms with Crippen molar-refractivity contribution >= 4 is 23.3 Å². The lowest BCUT2D eigenvalue weighted by molar-refractivity contribution is 0.102. The fourth-order valence-electron chi connectivity index (χ4n) is 2.52. The third-order valence-corrected chi connectivity index (χ3v) is 4.09. The number of hydrogen-bond donors (Lipinski definition) is 3. The van der Waals surface area contributed by atoms with Crippen LogP contribution < -0.4 is 16.0 Å². The van der Waals surface area contributed by atoms with Gasteiger partial charge in [-0.15, -0.1) is 0 Å². The molecule has 0 atom stereocenters. The molecule has 3 aromatic rings. The monoisotopic (exact) mass is 362 g/mol. The molecule has 0 spiro atoms. The quantitative estimate of drug-likeness (QED) is 0.650. The summed E-state index contributed by atoms with van der Waals surface area (Å²) in [5, 5.41) is 8.46. The summed E-state index contributed by atoms with van der Waals surface area (Å²) in [6.45, 7) is 0. The normalized spacial score (nSPS) is 13.0. The van der Waals surface area contributed by atoms with Crippen LogP contribution in [0.4, 0.5) is 16.2 Å². The van der Waals surface area contributed by atoms with Crippen molar-refractivity contribution in [1.82, 2.24) is 19.9 Å². The van der Waals surface area contributed by atoms with E-state index in [9.17, 15) is 9.59 Å². The molecule has 1 aromatic carbocycles. The fourth-order valence-corrected chi connectivity index (χ4v) is 2.52. The first-order valence-electron chi connectivity index (χ1n) is 8.61. The number of nitrogens with one attached hydrogen (secondary N) is 3. The zero-order valence-electron chi connectivity index (χ0n) is 14.4. The number of anilines is 2. The van der Waals surface area contributed by atoms with Crippen LogP contribution in [-0.2, 0) is 0 Å². The first kappa shape index (κ1) is 16.8. The van der Waals surface area contributed by atoms with E-state index in [1.165, 1.54) is 0 Å². The molecule has 1 aliphatic rings. The Bertz CT molecular complexity index is 949. The molecule has 2 heterocycles. The number of benzene rings is 1. The van der Waals surface area contributed by atoms with Crippen molar-refractivity contribution < 1.29 is 9.59 Å². The molecule has 8 heteroatoms. The molecule has 8 nitrogen and oxygen atoms in total. The summed E-state index contributed by atoms with van der Waals surface area (Å²) >= 11 is 0. The van der Waals surface area contributed by atoms with Gasteiger partial charge in [-0.3, -0.25) is 9.36 Å². The standard InChI is InChI=1S/C19H18N6O2/c26-18(13-7-8-21-17(11-13)25-10-9-20-12-25)22-14-1-3-15(4-2-14)23-19(27)24-16-5-6-16/h1-4,7-12,16H,5-6H2,(H,22,26)(H2,23,24,27). The van der Waals surface area contributed by atoms with Crippen LogP contribution in [0.1, 0.15) is 23.2 Å². The predicted molar refractivity (Wildman–Crippen MR) is 101 cm³/mol. The lowest BCUT2D eigenvalue weighted by Gasteiger charge is -2.09. The molecule has 1 saturated carbocycles. The lowest BCUT2D eigenvalue weighted by Crippen LogP contribution is -2.30. The molecule has 136 valence electrons. The van der Waals surface area contributed by atoms with Gasteiger partial charge in [0.15, 0.2) is 0 Å². The molecular weight excluding hydrogens is 344 g/mol. The second kappa shape index (κ2) is 7.28.